The summed E-state index contributed by atoms with van der Waals surface area (Å²) >= 11 is 0. The number of carbonyl (C=O) groups is 1. The van der Waals surface area contributed by atoms with Gasteiger partial charge in [-0.1, -0.05) is 16.8 Å². The fourth-order valence-corrected chi connectivity index (χ4v) is 1.59. The molecule has 2 aromatic rings. The fourth-order valence-electron chi connectivity index (χ4n) is 1.59. The van der Waals surface area contributed by atoms with Crippen molar-refractivity contribution in [3.05, 3.63) is 59.4 Å². The molecule has 20 heavy (non-hydrogen) atoms. The van der Waals surface area contributed by atoms with E-state index in [4.69, 9.17) is 5.11 Å². The summed E-state index contributed by atoms with van der Waals surface area (Å²) in [4.78, 5) is 10.6. The topological polar surface area (TPSA) is 54.1 Å². The molecule has 0 aliphatic carbocycles. The van der Waals surface area contributed by atoms with Crippen molar-refractivity contribution in [3.8, 4) is 0 Å². The van der Waals surface area contributed by atoms with E-state index in [1.165, 1.54) is 35.3 Å². The molecule has 4 nitrogen and oxygen atoms in total. The van der Waals surface area contributed by atoms with E-state index in [1.807, 2.05) is 0 Å². The van der Waals surface area contributed by atoms with Crippen LogP contribution in [0.15, 0.2) is 42.7 Å². The van der Waals surface area contributed by atoms with Crippen LogP contribution in [0.3, 0.4) is 0 Å². The van der Waals surface area contributed by atoms with Gasteiger partial charge in [-0.25, -0.2) is 4.79 Å². The van der Waals surface area contributed by atoms with Gasteiger partial charge < -0.3 is 5.11 Å². The third-order valence-corrected chi connectivity index (χ3v) is 2.64. The first kappa shape index (κ1) is 14.0. The Labute approximate surface area is 112 Å². The van der Waals surface area contributed by atoms with Crippen molar-refractivity contribution in [1.29, 1.82) is 0 Å². The Hall–Kier alpha value is -2.44. The van der Waals surface area contributed by atoms with Crippen molar-refractivity contribution in [1.82, 2.24) is 5.10 Å². The van der Waals surface area contributed by atoms with Gasteiger partial charge in [0, 0.05) is 11.6 Å². The van der Waals surface area contributed by atoms with E-state index in [1.54, 1.807) is 0 Å². The average molecular weight is 283 g/mol. The minimum absolute atomic E-state index is 0.0497. The molecule has 0 unspecified atom stereocenters. The zero-order chi connectivity index (χ0) is 14.8. The molecule has 0 bridgehead atoms. The van der Waals surface area contributed by atoms with Crippen molar-refractivity contribution in [2.24, 2.45) is 0 Å². The van der Waals surface area contributed by atoms with Crippen LogP contribution in [0.5, 0.6) is 0 Å². The predicted molar refractivity (Wildman–Crippen MR) is 61.9 cm³/mol. The normalized spacial score (nSPS) is 11.3. The molecular formula is C13H10F3N2O2+. The van der Waals surface area contributed by atoms with Gasteiger partial charge in [0.1, 0.15) is 6.20 Å². The van der Waals surface area contributed by atoms with E-state index >= 15 is 0 Å². The Morgan fingerprint density at radius 3 is 2.30 bits per heavy atom. The molecule has 2 rings (SSSR count). The van der Waals surface area contributed by atoms with Crippen LogP contribution in [0.25, 0.3) is 0 Å². The third kappa shape index (κ3) is 3.31. The van der Waals surface area contributed by atoms with Gasteiger partial charge in [0.15, 0.2) is 12.7 Å². The minimum atomic E-state index is -4.35. The highest BCUT2D eigenvalue weighted by atomic mass is 19.4. The number of hydrogen-bond donors (Lipinski definition) is 1. The first-order valence-corrected chi connectivity index (χ1v) is 5.61. The molecule has 0 amide bonds. The van der Waals surface area contributed by atoms with E-state index in [9.17, 15) is 18.0 Å². The predicted octanol–water partition coefficient (Wildman–Crippen LogP) is 2.13. The van der Waals surface area contributed by atoms with Crippen LogP contribution in [0.1, 0.15) is 21.5 Å². The van der Waals surface area contributed by atoms with Gasteiger partial charge >= 0.3 is 12.1 Å². The Morgan fingerprint density at radius 1 is 1.20 bits per heavy atom. The number of nitrogens with zero attached hydrogens (tertiary/aromatic N) is 2. The van der Waals surface area contributed by atoms with Crippen molar-refractivity contribution in [2.45, 2.75) is 12.7 Å². The van der Waals surface area contributed by atoms with E-state index in [-0.39, 0.29) is 12.1 Å². The maximum Gasteiger partial charge on any atom is 0.416 e. The maximum atomic E-state index is 12.4. The lowest BCUT2D eigenvalue weighted by Gasteiger charge is -2.06. The molecule has 0 spiro atoms. The molecule has 1 aromatic heterocycles. The zero-order valence-electron chi connectivity index (χ0n) is 10.1. The number of halogens is 3. The van der Waals surface area contributed by atoms with Crippen LogP contribution in [-0.2, 0) is 12.7 Å². The van der Waals surface area contributed by atoms with Gasteiger partial charge in [-0.15, -0.1) is 0 Å². The fraction of sp³-hybridized carbons (Fsp3) is 0.154. The smallest absolute Gasteiger partial charge is 0.416 e. The summed E-state index contributed by atoms with van der Waals surface area (Å²) in [5.41, 5.74) is -0.0207. The first-order valence-electron chi connectivity index (χ1n) is 5.61. The number of carboxylic acid groups (broad SMARTS) is 1. The van der Waals surface area contributed by atoms with Crippen molar-refractivity contribution in [3.63, 3.8) is 0 Å². The SMILES string of the molecule is O=C(O)c1cc[n+](Cc2ccc(C(F)(F)F)cc2)nc1. The highest BCUT2D eigenvalue weighted by Crippen LogP contribution is 2.28. The molecule has 0 aliphatic heterocycles. The van der Waals surface area contributed by atoms with Crippen molar-refractivity contribution in [2.75, 3.05) is 0 Å². The number of rotatable bonds is 3. The summed E-state index contributed by atoms with van der Waals surface area (Å²) in [6, 6.07) is 6.10. The molecule has 0 aliphatic rings. The molecule has 0 fully saturated rings. The first-order chi connectivity index (χ1) is 9.36. The summed E-state index contributed by atoms with van der Waals surface area (Å²) in [6.07, 6.45) is -1.71. The van der Waals surface area contributed by atoms with Gasteiger partial charge in [-0.3, -0.25) is 0 Å². The second-order valence-electron chi connectivity index (χ2n) is 4.11. The van der Waals surface area contributed by atoms with Crippen LogP contribution >= 0.6 is 0 Å². The highest BCUT2D eigenvalue weighted by molar-refractivity contribution is 5.86. The molecule has 0 saturated carbocycles. The van der Waals surface area contributed by atoms with E-state index < -0.39 is 17.7 Å². The second kappa shape index (κ2) is 5.28. The third-order valence-electron chi connectivity index (χ3n) is 2.64. The Morgan fingerprint density at radius 2 is 1.85 bits per heavy atom. The van der Waals surface area contributed by atoms with Gasteiger partial charge in [0.05, 0.1) is 11.1 Å². The summed E-state index contributed by atoms with van der Waals surface area (Å²) in [6.45, 7) is 0.262. The van der Waals surface area contributed by atoms with E-state index in [0.717, 1.165) is 12.1 Å². The van der Waals surface area contributed by atoms with Crippen LogP contribution in [-0.4, -0.2) is 16.2 Å². The number of benzene rings is 1. The van der Waals surface area contributed by atoms with Gasteiger partial charge in [0.2, 0.25) is 0 Å². The Kier molecular flexibility index (Phi) is 3.69. The van der Waals surface area contributed by atoms with E-state index in [0.29, 0.717) is 5.56 Å². The van der Waals surface area contributed by atoms with Crippen molar-refractivity contribution < 1.29 is 27.8 Å². The highest BCUT2D eigenvalue weighted by Gasteiger charge is 2.30. The number of alkyl halides is 3. The molecule has 1 aromatic carbocycles. The average Bonchev–Trinajstić information content (AvgIpc) is 2.39. The number of aromatic carboxylic acids is 1. The van der Waals surface area contributed by atoms with Crippen LogP contribution in [0.2, 0.25) is 0 Å². The molecular weight excluding hydrogens is 273 g/mol. The molecule has 0 saturated heterocycles. The number of hydrogen-bond acceptors (Lipinski definition) is 2. The minimum Gasteiger partial charge on any atom is -0.478 e. The standard InChI is InChI=1S/C13H9F3N2O2/c14-13(15,16)11-3-1-9(2-4-11)8-18-6-5-10(7-17-18)12(19)20/h1-7H,8H2/p+1. The van der Waals surface area contributed by atoms with Crippen molar-refractivity contribution >= 4 is 5.97 Å². The van der Waals surface area contributed by atoms with Crippen LogP contribution in [0.4, 0.5) is 13.2 Å². The lowest BCUT2D eigenvalue weighted by molar-refractivity contribution is -0.746. The molecule has 0 radical (unpaired) electrons. The van der Waals surface area contributed by atoms with E-state index in [2.05, 4.69) is 5.10 Å². The molecule has 104 valence electrons. The molecule has 1 heterocycles. The molecule has 0 atom stereocenters. The summed E-state index contributed by atoms with van der Waals surface area (Å²) in [5, 5.41) is 12.6. The number of aromatic nitrogens is 2. The summed E-state index contributed by atoms with van der Waals surface area (Å²) < 4.78 is 38.6. The van der Waals surface area contributed by atoms with Gasteiger partial charge in [-0.05, 0) is 17.2 Å². The second-order valence-corrected chi connectivity index (χ2v) is 4.11. The maximum absolute atomic E-state index is 12.4. The zero-order valence-corrected chi connectivity index (χ0v) is 10.1. The van der Waals surface area contributed by atoms with Gasteiger partial charge in [-0.2, -0.15) is 13.2 Å². The quantitative estimate of drug-likeness (QED) is 0.878. The van der Waals surface area contributed by atoms with Gasteiger partial charge in [0.25, 0.3) is 0 Å². The Bertz CT molecular complexity index is 607. The summed E-state index contributed by atoms with van der Waals surface area (Å²) in [5.74, 6) is -1.08. The molecule has 1 N–H and O–H groups in total. The molecule has 7 heteroatoms. The largest absolute Gasteiger partial charge is 0.478 e. The lowest BCUT2D eigenvalue weighted by atomic mass is 10.1. The Balaban J connectivity index is 2.12. The number of carboxylic acids is 1. The van der Waals surface area contributed by atoms with Crippen LogP contribution < -0.4 is 4.68 Å². The lowest BCUT2D eigenvalue weighted by Crippen LogP contribution is -2.38. The van der Waals surface area contributed by atoms with Crippen LogP contribution in [0, 0.1) is 0 Å². The summed E-state index contributed by atoms with van der Waals surface area (Å²) in [7, 11) is 0. The monoisotopic (exact) mass is 283 g/mol.